The van der Waals surface area contributed by atoms with Gasteiger partial charge in [0.2, 0.25) is 21.8 Å². The summed E-state index contributed by atoms with van der Waals surface area (Å²) >= 11 is 0. The maximum absolute atomic E-state index is 14.2. The number of likely N-dealkylation sites (N-methyl/N-ethyl adjacent to an activating group) is 1. The average Bonchev–Trinajstić information content (AvgIpc) is 2.79. The van der Waals surface area contributed by atoms with Crippen molar-refractivity contribution in [3.8, 4) is 5.75 Å². The molecule has 0 aliphatic carbocycles. The Morgan fingerprint density at radius 3 is 2.30 bits per heavy atom. The molecule has 0 bridgehead atoms. The number of benzene rings is 2. The maximum atomic E-state index is 14.2. The molecule has 180 valence electrons. The van der Waals surface area contributed by atoms with Gasteiger partial charge in [0.05, 0.1) is 19.1 Å². The number of anilines is 1. The van der Waals surface area contributed by atoms with E-state index in [4.69, 9.17) is 4.74 Å². The van der Waals surface area contributed by atoms with Crippen molar-refractivity contribution in [1.82, 2.24) is 10.2 Å². The minimum atomic E-state index is -3.76. The van der Waals surface area contributed by atoms with E-state index in [0.29, 0.717) is 5.75 Å². The quantitative estimate of drug-likeness (QED) is 0.534. The second-order valence-corrected chi connectivity index (χ2v) is 9.46. The molecule has 0 radical (unpaired) electrons. The van der Waals surface area contributed by atoms with Gasteiger partial charge < -0.3 is 15.0 Å². The number of sulfonamides is 1. The van der Waals surface area contributed by atoms with Crippen molar-refractivity contribution in [3.63, 3.8) is 0 Å². The van der Waals surface area contributed by atoms with E-state index >= 15 is 0 Å². The number of carbonyl (C=O) groups is 2. The van der Waals surface area contributed by atoms with Gasteiger partial charge in [-0.25, -0.2) is 12.8 Å². The molecule has 1 atom stereocenters. The van der Waals surface area contributed by atoms with Gasteiger partial charge in [-0.1, -0.05) is 24.3 Å². The van der Waals surface area contributed by atoms with E-state index < -0.39 is 21.9 Å². The van der Waals surface area contributed by atoms with E-state index in [2.05, 4.69) is 5.32 Å². The summed E-state index contributed by atoms with van der Waals surface area (Å²) in [6.45, 7) is 1.75. The lowest BCUT2D eigenvalue weighted by Gasteiger charge is -2.29. The molecule has 0 aromatic heterocycles. The Morgan fingerprint density at radius 1 is 1.12 bits per heavy atom. The zero-order valence-electron chi connectivity index (χ0n) is 19.2. The van der Waals surface area contributed by atoms with Crippen LogP contribution in [0.4, 0.5) is 10.1 Å². The molecule has 0 aliphatic rings. The number of nitrogens with one attached hydrogen (secondary N) is 1. The molecule has 0 aliphatic heterocycles. The fourth-order valence-corrected chi connectivity index (χ4v) is 4.32. The molecule has 2 rings (SSSR count). The number of halogens is 1. The normalized spacial score (nSPS) is 12.0. The van der Waals surface area contributed by atoms with Crippen molar-refractivity contribution in [2.45, 2.75) is 32.4 Å². The molecule has 33 heavy (non-hydrogen) atoms. The predicted octanol–water partition coefficient (Wildman–Crippen LogP) is 2.54. The number of hydrogen-bond donors (Lipinski definition) is 1. The van der Waals surface area contributed by atoms with Crippen molar-refractivity contribution < 1.29 is 27.1 Å². The Kier molecular flexibility index (Phi) is 9.22. The standard InChI is InChI=1S/C23H30FN3O5S/c1-17(23(29)25-2)26(16-18-11-13-19(32-3)14-12-18)22(28)10-7-15-27(33(4,30)31)21-9-6-5-8-20(21)24/h5-6,8-9,11-14,17H,7,10,15-16H2,1-4H3,(H,25,29)/t17-/m0/s1. The first kappa shape index (κ1) is 26.1. The Hall–Kier alpha value is -3.14. The molecule has 0 heterocycles. The lowest BCUT2D eigenvalue weighted by molar-refractivity contribution is -0.140. The summed E-state index contributed by atoms with van der Waals surface area (Å²) in [6, 6.07) is 12.0. The molecule has 8 nitrogen and oxygen atoms in total. The Morgan fingerprint density at radius 2 is 1.76 bits per heavy atom. The summed E-state index contributed by atoms with van der Waals surface area (Å²) in [5, 5.41) is 2.54. The molecule has 1 N–H and O–H groups in total. The topological polar surface area (TPSA) is 96.0 Å². The second-order valence-electron chi connectivity index (χ2n) is 7.55. The molecule has 0 saturated heterocycles. The molecule has 10 heteroatoms. The summed E-state index contributed by atoms with van der Waals surface area (Å²) in [5.41, 5.74) is 0.741. The zero-order chi connectivity index (χ0) is 24.6. The van der Waals surface area contributed by atoms with Crippen LogP contribution in [0.3, 0.4) is 0 Å². The third-order valence-electron chi connectivity index (χ3n) is 5.20. The summed E-state index contributed by atoms with van der Waals surface area (Å²) < 4.78 is 44.7. The number of rotatable bonds is 11. The first-order valence-electron chi connectivity index (χ1n) is 10.4. The van der Waals surface area contributed by atoms with E-state index in [1.807, 2.05) is 0 Å². The van der Waals surface area contributed by atoms with Crippen LogP contribution in [0.1, 0.15) is 25.3 Å². The molecular formula is C23H30FN3O5S. The smallest absolute Gasteiger partial charge is 0.242 e. The monoisotopic (exact) mass is 479 g/mol. The first-order chi connectivity index (χ1) is 15.6. The number of hydrogen-bond acceptors (Lipinski definition) is 5. The number of carbonyl (C=O) groups excluding carboxylic acids is 2. The lowest BCUT2D eigenvalue weighted by atomic mass is 10.1. The number of methoxy groups -OCH3 is 1. The van der Waals surface area contributed by atoms with Gasteiger partial charge in [-0.3, -0.25) is 13.9 Å². The highest BCUT2D eigenvalue weighted by Crippen LogP contribution is 2.22. The number of para-hydroxylation sites is 1. The highest BCUT2D eigenvalue weighted by atomic mass is 32.2. The fourth-order valence-electron chi connectivity index (χ4n) is 3.36. The Labute approximate surface area is 194 Å². The molecular weight excluding hydrogens is 449 g/mol. The number of ether oxygens (including phenoxy) is 1. The van der Waals surface area contributed by atoms with Gasteiger partial charge in [-0.05, 0) is 43.2 Å². The van der Waals surface area contributed by atoms with Gasteiger partial charge in [-0.2, -0.15) is 0 Å². The number of amides is 2. The van der Waals surface area contributed by atoms with Crippen molar-refractivity contribution in [2.24, 2.45) is 0 Å². The SMILES string of the molecule is CNC(=O)[C@H](C)N(Cc1ccc(OC)cc1)C(=O)CCCN(c1ccccc1F)S(C)(=O)=O. The van der Waals surface area contributed by atoms with Gasteiger partial charge in [0.1, 0.15) is 17.6 Å². The fraction of sp³-hybridized carbons (Fsp3) is 0.391. The molecule has 2 aromatic rings. The third kappa shape index (κ3) is 7.18. The summed E-state index contributed by atoms with van der Waals surface area (Å²) in [5.74, 6) is -0.626. The van der Waals surface area contributed by atoms with Crippen LogP contribution < -0.4 is 14.4 Å². The van der Waals surface area contributed by atoms with Crippen LogP contribution in [0, 0.1) is 5.82 Å². The van der Waals surface area contributed by atoms with Crippen LogP contribution >= 0.6 is 0 Å². The van der Waals surface area contributed by atoms with Crippen LogP contribution in [0.25, 0.3) is 0 Å². The third-order valence-corrected chi connectivity index (χ3v) is 6.38. The van der Waals surface area contributed by atoms with Crippen molar-refractivity contribution >= 4 is 27.5 Å². The minimum absolute atomic E-state index is 0.0159. The van der Waals surface area contributed by atoms with E-state index in [1.54, 1.807) is 44.4 Å². The molecule has 2 aromatic carbocycles. The van der Waals surface area contributed by atoms with E-state index in [0.717, 1.165) is 16.1 Å². The van der Waals surface area contributed by atoms with Crippen LogP contribution in [0.15, 0.2) is 48.5 Å². The van der Waals surface area contributed by atoms with Crippen molar-refractivity contribution in [3.05, 3.63) is 59.9 Å². The molecule has 2 amide bonds. The zero-order valence-corrected chi connectivity index (χ0v) is 20.1. The number of nitrogens with zero attached hydrogens (tertiary/aromatic N) is 2. The highest BCUT2D eigenvalue weighted by molar-refractivity contribution is 7.92. The van der Waals surface area contributed by atoms with Crippen molar-refractivity contribution in [2.75, 3.05) is 31.3 Å². The molecule has 0 fully saturated rings. The van der Waals surface area contributed by atoms with E-state index in [1.165, 1.54) is 30.1 Å². The van der Waals surface area contributed by atoms with Gasteiger partial charge in [0.25, 0.3) is 0 Å². The molecule has 0 saturated carbocycles. The average molecular weight is 480 g/mol. The predicted molar refractivity (Wildman–Crippen MR) is 125 cm³/mol. The largest absolute Gasteiger partial charge is 0.497 e. The highest BCUT2D eigenvalue weighted by Gasteiger charge is 2.26. The summed E-state index contributed by atoms with van der Waals surface area (Å²) in [6.07, 6.45) is 1.13. The molecule has 0 unspecified atom stereocenters. The lowest BCUT2D eigenvalue weighted by Crippen LogP contribution is -2.46. The van der Waals surface area contributed by atoms with Crippen LogP contribution in [0.2, 0.25) is 0 Å². The van der Waals surface area contributed by atoms with Gasteiger partial charge in [-0.15, -0.1) is 0 Å². The van der Waals surface area contributed by atoms with E-state index in [9.17, 15) is 22.4 Å². The Bertz CT molecular complexity index is 1060. The minimum Gasteiger partial charge on any atom is -0.497 e. The first-order valence-corrected chi connectivity index (χ1v) is 12.3. The van der Waals surface area contributed by atoms with Gasteiger partial charge in [0.15, 0.2) is 0 Å². The summed E-state index contributed by atoms with van der Waals surface area (Å²) in [7, 11) is -0.707. The van der Waals surface area contributed by atoms with Crippen LogP contribution in [0.5, 0.6) is 5.75 Å². The maximum Gasteiger partial charge on any atom is 0.242 e. The van der Waals surface area contributed by atoms with Crippen molar-refractivity contribution in [1.29, 1.82) is 0 Å². The Balaban J connectivity index is 2.15. The van der Waals surface area contributed by atoms with Gasteiger partial charge >= 0.3 is 0 Å². The second kappa shape index (κ2) is 11.6. The van der Waals surface area contributed by atoms with Crippen LogP contribution in [-0.2, 0) is 26.2 Å². The van der Waals surface area contributed by atoms with Crippen LogP contribution in [-0.4, -0.2) is 58.1 Å². The van der Waals surface area contributed by atoms with Gasteiger partial charge in [0, 0.05) is 26.6 Å². The summed E-state index contributed by atoms with van der Waals surface area (Å²) in [4.78, 5) is 26.7. The molecule has 0 spiro atoms. The van der Waals surface area contributed by atoms with E-state index in [-0.39, 0.29) is 43.4 Å².